The molecule has 0 spiro atoms. The Morgan fingerprint density at radius 3 is 2.70 bits per heavy atom. The normalized spacial score (nSPS) is 16.9. The molecule has 1 heterocycles. The molecule has 112 valence electrons. The number of nitrogens with one attached hydrogen (secondary N) is 1. The molecule has 3 nitrogen and oxygen atoms in total. The van der Waals surface area contributed by atoms with Crippen LogP contribution < -0.4 is 10.2 Å². The third-order valence-corrected chi connectivity index (χ3v) is 3.96. The van der Waals surface area contributed by atoms with Gasteiger partial charge in [-0.2, -0.15) is 0 Å². The van der Waals surface area contributed by atoms with Gasteiger partial charge in [-0.15, -0.1) is 0 Å². The van der Waals surface area contributed by atoms with Crippen molar-refractivity contribution in [1.29, 1.82) is 0 Å². The molecular formula is C16H25ClN2O. The van der Waals surface area contributed by atoms with Crippen LogP contribution >= 0.6 is 11.6 Å². The highest BCUT2D eigenvalue weighted by Gasteiger charge is 2.19. The van der Waals surface area contributed by atoms with Crippen LogP contribution in [0.2, 0.25) is 5.02 Å². The molecule has 0 aromatic heterocycles. The average molecular weight is 297 g/mol. The van der Waals surface area contributed by atoms with E-state index >= 15 is 0 Å². The summed E-state index contributed by atoms with van der Waals surface area (Å²) in [7, 11) is 0. The number of piperidine rings is 1. The van der Waals surface area contributed by atoms with Gasteiger partial charge < -0.3 is 15.3 Å². The molecule has 20 heavy (non-hydrogen) atoms. The van der Waals surface area contributed by atoms with Crippen LogP contribution in [-0.4, -0.2) is 30.8 Å². The first kappa shape index (κ1) is 15.6. The molecule has 0 radical (unpaired) electrons. The first-order chi connectivity index (χ1) is 9.56. The number of hydrogen-bond acceptors (Lipinski definition) is 3. The van der Waals surface area contributed by atoms with Gasteiger partial charge in [0, 0.05) is 30.3 Å². The number of aliphatic hydroxyl groups excluding tert-OH is 1. The molecule has 1 aliphatic rings. The molecule has 1 saturated heterocycles. The highest BCUT2D eigenvalue weighted by Crippen LogP contribution is 2.27. The van der Waals surface area contributed by atoms with Crippen molar-refractivity contribution in [3.8, 4) is 0 Å². The van der Waals surface area contributed by atoms with Gasteiger partial charge in [-0.25, -0.2) is 0 Å². The van der Waals surface area contributed by atoms with E-state index in [1.165, 1.54) is 11.3 Å². The molecule has 4 heteroatoms. The Bertz CT molecular complexity index is 428. The summed E-state index contributed by atoms with van der Waals surface area (Å²) in [6.45, 7) is 8.10. The predicted molar refractivity (Wildman–Crippen MR) is 85.5 cm³/mol. The number of halogens is 1. The summed E-state index contributed by atoms with van der Waals surface area (Å²) in [5.74, 6) is 0.649. The lowest BCUT2D eigenvalue weighted by Gasteiger charge is -2.33. The molecule has 2 N–H and O–H groups in total. The topological polar surface area (TPSA) is 35.5 Å². The fraction of sp³-hybridized carbons (Fsp3) is 0.625. The van der Waals surface area contributed by atoms with Gasteiger partial charge in [0.1, 0.15) is 0 Å². The fourth-order valence-electron chi connectivity index (χ4n) is 2.58. The maximum atomic E-state index is 9.64. The molecule has 1 fully saturated rings. The van der Waals surface area contributed by atoms with E-state index in [0.29, 0.717) is 5.92 Å². The zero-order chi connectivity index (χ0) is 14.5. The summed E-state index contributed by atoms with van der Waals surface area (Å²) in [6.07, 6.45) is 1.53. The fourth-order valence-corrected chi connectivity index (χ4v) is 2.75. The van der Waals surface area contributed by atoms with E-state index in [9.17, 15) is 5.11 Å². The van der Waals surface area contributed by atoms with Crippen molar-refractivity contribution in [3.63, 3.8) is 0 Å². The van der Waals surface area contributed by atoms with Crippen LogP contribution in [0.1, 0.15) is 32.3 Å². The minimum Gasteiger partial charge on any atom is -0.393 e. The van der Waals surface area contributed by atoms with Gasteiger partial charge in [0.05, 0.1) is 6.10 Å². The lowest BCUT2D eigenvalue weighted by Crippen LogP contribution is -2.36. The molecule has 0 unspecified atom stereocenters. The van der Waals surface area contributed by atoms with Crippen LogP contribution in [0.5, 0.6) is 0 Å². The van der Waals surface area contributed by atoms with Crippen molar-refractivity contribution < 1.29 is 5.11 Å². The number of aliphatic hydroxyl groups is 1. The Balaban J connectivity index is 2.07. The zero-order valence-corrected chi connectivity index (χ0v) is 13.2. The predicted octanol–water partition coefficient (Wildman–Crippen LogP) is 3.05. The largest absolute Gasteiger partial charge is 0.393 e. The van der Waals surface area contributed by atoms with E-state index in [2.05, 4.69) is 30.1 Å². The van der Waals surface area contributed by atoms with Crippen LogP contribution in [0, 0.1) is 5.92 Å². The van der Waals surface area contributed by atoms with Crippen molar-refractivity contribution in [3.05, 3.63) is 28.8 Å². The number of nitrogens with zero attached hydrogens (tertiary/aromatic N) is 1. The Kier molecular flexibility index (Phi) is 5.70. The van der Waals surface area contributed by atoms with Crippen LogP contribution in [0.15, 0.2) is 18.2 Å². The van der Waals surface area contributed by atoms with Crippen LogP contribution in [-0.2, 0) is 6.54 Å². The molecule has 1 aromatic rings. The second-order valence-corrected chi connectivity index (χ2v) is 6.45. The highest BCUT2D eigenvalue weighted by atomic mass is 35.5. The number of rotatable bonds is 5. The quantitative estimate of drug-likeness (QED) is 0.877. The summed E-state index contributed by atoms with van der Waals surface area (Å²) in [5, 5.41) is 13.9. The van der Waals surface area contributed by atoms with Crippen molar-refractivity contribution >= 4 is 17.3 Å². The maximum absolute atomic E-state index is 9.64. The summed E-state index contributed by atoms with van der Waals surface area (Å²) < 4.78 is 0. The third-order valence-electron chi connectivity index (χ3n) is 3.72. The van der Waals surface area contributed by atoms with Gasteiger partial charge in [0.15, 0.2) is 0 Å². The molecular weight excluding hydrogens is 272 g/mol. The van der Waals surface area contributed by atoms with Gasteiger partial charge in [-0.05, 0) is 43.0 Å². The summed E-state index contributed by atoms with van der Waals surface area (Å²) >= 11 is 6.15. The monoisotopic (exact) mass is 296 g/mol. The first-order valence-corrected chi connectivity index (χ1v) is 7.86. The lowest BCUT2D eigenvalue weighted by molar-refractivity contribution is 0.145. The molecule has 0 aliphatic carbocycles. The van der Waals surface area contributed by atoms with Gasteiger partial charge in [0.2, 0.25) is 0 Å². The third kappa shape index (κ3) is 4.37. The second kappa shape index (κ2) is 7.30. The lowest BCUT2D eigenvalue weighted by atomic mass is 10.0. The number of anilines is 1. The Morgan fingerprint density at radius 2 is 2.05 bits per heavy atom. The number of hydrogen-bond donors (Lipinski definition) is 2. The minimum absolute atomic E-state index is 0.145. The van der Waals surface area contributed by atoms with Gasteiger partial charge in [0.25, 0.3) is 0 Å². The molecule has 0 saturated carbocycles. The van der Waals surface area contributed by atoms with E-state index in [1.807, 2.05) is 12.1 Å². The molecule has 1 aliphatic heterocycles. The Labute approximate surface area is 126 Å². The smallest absolute Gasteiger partial charge is 0.0574 e. The van der Waals surface area contributed by atoms with Crippen molar-refractivity contribution in [2.24, 2.45) is 5.92 Å². The van der Waals surface area contributed by atoms with Gasteiger partial charge in [-0.1, -0.05) is 31.5 Å². The summed E-state index contributed by atoms with van der Waals surface area (Å²) in [5.41, 5.74) is 2.49. The Hall–Kier alpha value is -0.770. The zero-order valence-electron chi connectivity index (χ0n) is 12.4. The van der Waals surface area contributed by atoms with E-state index in [-0.39, 0.29) is 6.10 Å². The second-order valence-electron chi connectivity index (χ2n) is 6.02. The van der Waals surface area contributed by atoms with Crippen molar-refractivity contribution in [2.75, 3.05) is 24.5 Å². The average Bonchev–Trinajstić information content (AvgIpc) is 2.41. The Morgan fingerprint density at radius 1 is 1.35 bits per heavy atom. The van der Waals surface area contributed by atoms with E-state index in [0.717, 1.165) is 44.0 Å². The number of benzene rings is 1. The van der Waals surface area contributed by atoms with Gasteiger partial charge >= 0.3 is 0 Å². The van der Waals surface area contributed by atoms with E-state index in [4.69, 9.17) is 11.6 Å². The SMILES string of the molecule is CC(C)CNCc1ccc(Cl)cc1N1CCC(O)CC1. The first-order valence-electron chi connectivity index (χ1n) is 7.48. The van der Waals surface area contributed by atoms with E-state index < -0.39 is 0 Å². The van der Waals surface area contributed by atoms with Crippen molar-refractivity contribution in [1.82, 2.24) is 5.32 Å². The molecule has 1 aromatic carbocycles. The van der Waals surface area contributed by atoms with Crippen LogP contribution in [0.3, 0.4) is 0 Å². The van der Waals surface area contributed by atoms with Crippen LogP contribution in [0.4, 0.5) is 5.69 Å². The minimum atomic E-state index is -0.145. The molecule has 0 amide bonds. The summed E-state index contributed by atoms with van der Waals surface area (Å²) in [6, 6.07) is 6.11. The molecule has 2 rings (SSSR count). The van der Waals surface area contributed by atoms with Gasteiger partial charge in [-0.3, -0.25) is 0 Å². The standard InChI is InChI=1S/C16H25ClN2O/c1-12(2)10-18-11-13-3-4-14(17)9-16(13)19-7-5-15(20)6-8-19/h3-4,9,12,15,18,20H,5-8,10-11H2,1-2H3. The molecule has 0 atom stereocenters. The molecule has 0 bridgehead atoms. The van der Waals surface area contributed by atoms with E-state index in [1.54, 1.807) is 0 Å². The van der Waals surface area contributed by atoms with Crippen molar-refractivity contribution in [2.45, 2.75) is 39.3 Å². The highest BCUT2D eigenvalue weighted by molar-refractivity contribution is 6.30. The summed E-state index contributed by atoms with van der Waals surface area (Å²) in [4.78, 5) is 2.34. The maximum Gasteiger partial charge on any atom is 0.0574 e. The van der Waals surface area contributed by atoms with Crippen LogP contribution in [0.25, 0.3) is 0 Å².